The van der Waals surface area contributed by atoms with Crippen molar-refractivity contribution < 1.29 is 0 Å². The number of H-pyrrole nitrogens is 1. The van der Waals surface area contributed by atoms with E-state index in [0.29, 0.717) is 0 Å². The Morgan fingerprint density at radius 2 is 0.702 bits per heavy atom. The van der Waals surface area contributed by atoms with Gasteiger partial charge in [-0.3, -0.25) is 0 Å². The first-order valence-electron chi connectivity index (χ1n) is 16.3. The molecule has 218 valence electrons. The summed E-state index contributed by atoms with van der Waals surface area (Å²) in [6.07, 6.45) is 0. The molecule has 1 nitrogen and oxygen atoms in total. The number of aromatic amines is 1. The molecule has 9 aromatic carbocycles. The largest absolute Gasteiger partial charge is 0.354 e. The van der Waals surface area contributed by atoms with Gasteiger partial charge in [-0.1, -0.05) is 164 Å². The summed E-state index contributed by atoms with van der Waals surface area (Å²) >= 11 is 0. The van der Waals surface area contributed by atoms with Crippen LogP contribution in [0.5, 0.6) is 0 Å². The highest BCUT2D eigenvalue weighted by Gasteiger charge is 2.18. The number of aromatic nitrogens is 1. The second kappa shape index (κ2) is 10.2. The van der Waals surface area contributed by atoms with Crippen molar-refractivity contribution in [1.82, 2.24) is 4.98 Å². The maximum Gasteiger partial charge on any atom is 0.0551 e. The van der Waals surface area contributed by atoms with Crippen molar-refractivity contribution in [3.8, 4) is 33.4 Å². The van der Waals surface area contributed by atoms with Crippen LogP contribution in [0.1, 0.15) is 0 Å². The van der Waals surface area contributed by atoms with Crippen LogP contribution in [-0.2, 0) is 0 Å². The fourth-order valence-electron chi connectivity index (χ4n) is 7.92. The Hall–Kier alpha value is -6.18. The summed E-state index contributed by atoms with van der Waals surface area (Å²) in [4.78, 5) is 3.88. The van der Waals surface area contributed by atoms with Crippen LogP contribution < -0.4 is 0 Å². The van der Waals surface area contributed by atoms with Crippen LogP contribution >= 0.6 is 0 Å². The minimum atomic E-state index is 1.16. The summed E-state index contributed by atoms with van der Waals surface area (Å²) in [5.41, 5.74) is 9.83. The van der Waals surface area contributed by atoms with Crippen LogP contribution in [0.2, 0.25) is 0 Å². The zero-order valence-electron chi connectivity index (χ0n) is 25.7. The van der Waals surface area contributed by atoms with Gasteiger partial charge in [-0.2, -0.15) is 0 Å². The zero-order valence-corrected chi connectivity index (χ0v) is 25.7. The third-order valence-corrected chi connectivity index (χ3v) is 9.98. The fourth-order valence-corrected chi connectivity index (χ4v) is 7.92. The van der Waals surface area contributed by atoms with E-state index in [4.69, 9.17) is 0 Å². The first-order valence-corrected chi connectivity index (χ1v) is 16.3. The number of rotatable bonds is 3. The average Bonchev–Trinajstić information content (AvgIpc) is 3.54. The molecule has 0 aliphatic heterocycles. The lowest BCUT2D eigenvalue weighted by Crippen LogP contribution is -1.91. The van der Waals surface area contributed by atoms with E-state index in [1.807, 2.05) is 0 Å². The van der Waals surface area contributed by atoms with Gasteiger partial charge in [0.15, 0.2) is 0 Å². The first-order chi connectivity index (χ1) is 23.3. The van der Waals surface area contributed by atoms with E-state index in [1.165, 1.54) is 92.8 Å². The minimum absolute atomic E-state index is 1.16. The molecule has 1 N–H and O–H groups in total. The van der Waals surface area contributed by atoms with Crippen LogP contribution in [-0.4, -0.2) is 4.98 Å². The molecule has 0 fully saturated rings. The third kappa shape index (κ3) is 3.90. The molecule has 0 radical (unpaired) electrons. The van der Waals surface area contributed by atoms with Gasteiger partial charge in [-0.25, -0.2) is 0 Å². The van der Waals surface area contributed by atoms with E-state index in [0.717, 1.165) is 5.52 Å². The molecule has 0 aliphatic carbocycles. The van der Waals surface area contributed by atoms with Crippen LogP contribution in [0.25, 0.3) is 98.3 Å². The molecule has 0 spiro atoms. The summed E-state index contributed by atoms with van der Waals surface area (Å²) in [5, 5.41) is 12.7. The Bertz CT molecular complexity index is 2760. The highest BCUT2D eigenvalue weighted by atomic mass is 14.7. The van der Waals surface area contributed by atoms with Crippen LogP contribution in [0.3, 0.4) is 0 Å². The van der Waals surface area contributed by atoms with Crippen LogP contribution in [0.4, 0.5) is 0 Å². The molecule has 1 heteroatoms. The van der Waals surface area contributed by atoms with Crippen molar-refractivity contribution >= 4 is 64.9 Å². The van der Waals surface area contributed by atoms with Gasteiger partial charge >= 0.3 is 0 Å². The van der Waals surface area contributed by atoms with Crippen LogP contribution in [0.15, 0.2) is 170 Å². The molecule has 10 aromatic rings. The highest BCUT2D eigenvalue weighted by molar-refractivity contribution is 6.31. The van der Waals surface area contributed by atoms with E-state index in [-0.39, 0.29) is 0 Å². The van der Waals surface area contributed by atoms with E-state index in [9.17, 15) is 0 Å². The van der Waals surface area contributed by atoms with Crippen molar-refractivity contribution in [3.05, 3.63) is 170 Å². The van der Waals surface area contributed by atoms with Crippen LogP contribution in [0, 0.1) is 0 Å². The SMILES string of the molecule is c1ccc(-c2ccc(-c3c4ccccc4c(-c4ccc5c(c4)[nH]c4c6ccccc6c6ccccc6c54)c4ccccc34)cc2)cc1. The molecular formula is C46H29N. The van der Waals surface area contributed by atoms with Crippen molar-refractivity contribution in [2.45, 2.75) is 0 Å². The number of fused-ring (bicyclic) bond motifs is 10. The molecule has 0 unspecified atom stereocenters. The maximum absolute atomic E-state index is 3.88. The normalized spacial score (nSPS) is 11.8. The molecule has 0 atom stereocenters. The standard InChI is InChI=1S/C46H29N/c1-2-12-29(13-3-1)30-22-24-31(25-23-30)43-36-17-7-9-19-38(36)44(39-20-10-8-18-37(39)43)32-26-27-41-42(28-32)47-46-40-21-11-5-15-34(40)33-14-4-6-16-35(33)45(41)46/h1-28,47H. The second-order valence-electron chi connectivity index (χ2n) is 12.5. The van der Waals surface area contributed by atoms with E-state index in [2.05, 4.69) is 175 Å². The fraction of sp³-hybridized carbons (Fsp3) is 0. The van der Waals surface area contributed by atoms with Gasteiger partial charge in [0, 0.05) is 21.7 Å². The van der Waals surface area contributed by atoms with Gasteiger partial charge < -0.3 is 4.98 Å². The molecule has 10 rings (SSSR count). The van der Waals surface area contributed by atoms with Gasteiger partial charge in [-0.05, 0) is 77.2 Å². The Labute approximate surface area is 272 Å². The topological polar surface area (TPSA) is 15.8 Å². The van der Waals surface area contributed by atoms with Gasteiger partial charge in [-0.15, -0.1) is 0 Å². The predicted molar refractivity (Wildman–Crippen MR) is 202 cm³/mol. The first kappa shape index (κ1) is 26.1. The van der Waals surface area contributed by atoms with Crippen molar-refractivity contribution in [2.75, 3.05) is 0 Å². The Balaban J connectivity index is 1.23. The minimum Gasteiger partial charge on any atom is -0.354 e. The van der Waals surface area contributed by atoms with E-state index < -0.39 is 0 Å². The molecule has 1 heterocycles. The molecular weight excluding hydrogens is 567 g/mol. The monoisotopic (exact) mass is 595 g/mol. The Kier molecular flexibility index (Phi) is 5.64. The third-order valence-electron chi connectivity index (χ3n) is 9.98. The second-order valence-corrected chi connectivity index (χ2v) is 12.5. The number of hydrogen-bond donors (Lipinski definition) is 1. The number of nitrogens with one attached hydrogen (secondary N) is 1. The summed E-state index contributed by atoms with van der Waals surface area (Å²) in [5.74, 6) is 0. The van der Waals surface area contributed by atoms with Gasteiger partial charge in [0.2, 0.25) is 0 Å². The number of hydrogen-bond acceptors (Lipinski definition) is 0. The average molecular weight is 596 g/mol. The van der Waals surface area contributed by atoms with E-state index in [1.54, 1.807) is 0 Å². The van der Waals surface area contributed by atoms with Gasteiger partial charge in [0.1, 0.15) is 0 Å². The summed E-state index contributed by atoms with van der Waals surface area (Å²) in [6, 6.07) is 62.0. The molecule has 0 aliphatic rings. The Morgan fingerprint density at radius 1 is 0.277 bits per heavy atom. The lowest BCUT2D eigenvalue weighted by atomic mass is 9.85. The zero-order chi connectivity index (χ0) is 30.9. The van der Waals surface area contributed by atoms with Gasteiger partial charge in [0.25, 0.3) is 0 Å². The highest BCUT2D eigenvalue weighted by Crippen LogP contribution is 2.45. The quantitative estimate of drug-likeness (QED) is 0.154. The molecule has 0 saturated heterocycles. The van der Waals surface area contributed by atoms with Gasteiger partial charge in [0.05, 0.1) is 5.52 Å². The smallest absolute Gasteiger partial charge is 0.0551 e. The lowest BCUT2D eigenvalue weighted by Gasteiger charge is -2.18. The lowest BCUT2D eigenvalue weighted by molar-refractivity contribution is 1.56. The van der Waals surface area contributed by atoms with Crippen molar-refractivity contribution in [2.24, 2.45) is 0 Å². The molecule has 47 heavy (non-hydrogen) atoms. The Morgan fingerprint density at radius 3 is 1.32 bits per heavy atom. The summed E-state index contributed by atoms with van der Waals surface area (Å²) in [6.45, 7) is 0. The maximum atomic E-state index is 3.88. The molecule has 0 amide bonds. The summed E-state index contributed by atoms with van der Waals surface area (Å²) in [7, 11) is 0. The van der Waals surface area contributed by atoms with E-state index >= 15 is 0 Å². The van der Waals surface area contributed by atoms with Crippen molar-refractivity contribution in [3.63, 3.8) is 0 Å². The molecule has 1 aromatic heterocycles. The van der Waals surface area contributed by atoms with Crippen molar-refractivity contribution in [1.29, 1.82) is 0 Å². The molecule has 0 saturated carbocycles. The molecule has 0 bridgehead atoms. The number of benzene rings is 9. The summed E-state index contributed by atoms with van der Waals surface area (Å²) < 4.78 is 0. The predicted octanol–water partition coefficient (Wildman–Crippen LogP) is 12.9.